The van der Waals surface area contributed by atoms with Gasteiger partial charge in [-0.1, -0.05) is 18.2 Å². The van der Waals surface area contributed by atoms with Crippen molar-refractivity contribution in [1.82, 2.24) is 19.6 Å². The Balaban J connectivity index is 1.31. The number of nitrogens with zero attached hydrogens (tertiary/aromatic N) is 4. The Kier molecular flexibility index (Phi) is 5.03. The van der Waals surface area contributed by atoms with Crippen LogP contribution in [0, 0.1) is 0 Å². The highest BCUT2D eigenvalue weighted by atomic mass is 16.5. The summed E-state index contributed by atoms with van der Waals surface area (Å²) in [6, 6.07) is 16.4. The normalized spacial score (nSPS) is 12.4. The van der Waals surface area contributed by atoms with Crippen LogP contribution in [-0.2, 0) is 19.9 Å². The largest absolute Gasteiger partial charge is 0.422 e. The molecular weight excluding hydrogens is 406 g/mol. The summed E-state index contributed by atoms with van der Waals surface area (Å²) < 4.78 is 8.99. The average Bonchev–Trinajstić information content (AvgIpc) is 3.52. The second-order valence-electron chi connectivity index (χ2n) is 7.65. The predicted molar refractivity (Wildman–Crippen MR) is 118 cm³/mol. The van der Waals surface area contributed by atoms with Crippen molar-refractivity contribution in [2.75, 3.05) is 5.32 Å². The summed E-state index contributed by atoms with van der Waals surface area (Å²) in [7, 11) is 1.75. The minimum Gasteiger partial charge on any atom is -0.422 e. The molecule has 0 saturated carbocycles. The van der Waals surface area contributed by atoms with Gasteiger partial charge in [-0.05, 0) is 55.7 Å². The number of amides is 1. The smallest absolute Gasteiger partial charge is 0.364 e. The fourth-order valence-electron chi connectivity index (χ4n) is 3.89. The fourth-order valence-corrected chi connectivity index (χ4v) is 3.89. The minimum atomic E-state index is -0.482. The van der Waals surface area contributed by atoms with Gasteiger partial charge >= 0.3 is 5.97 Å². The van der Waals surface area contributed by atoms with Crippen molar-refractivity contribution >= 4 is 17.6 Å². The Labute approximate surface area is 184 Å². The van der Waals surface area contributed by atoms with Gasteiger partial charge in [-0.3, -0.25) is 9.48 Å². The second kappa shape index (κ2) is 8.14. The van der Waals surface area contributed by atoms with Gasteiger partial charge in [0.25, 0.3) is 5.91 Å². The number of para-hydroxylation sites is 1. The van der Waals surface area contributed by atoms with Gasteiger partial charge in [0.2, 0.25) is 0 Å². The third-order valence-electron chi connectivity index (χ3n) is 5.41. The maximum absolute atomic E-state index is 12.9. The molecular formula is C24H21N5O3. The predicted octanol–water partition coefficient (Wildman–Crippen LogP) is 3.57. The van der Waals surface area contributed by atoms with Gasteiger partial charge in [-0.25, -0.2) is 9.48 Å². The molecule has 8 heteroatoms. The Hall–Kier alpha value is -4.20. The lowest BCUT2D eigenvalue weighted by Crippen LogP contribution is -2.13. The van der Waals surface area contributed by atoms with E-state index in [1.807, 2.05) is 35.0 Å². The lowest BCUT2D eigenvalue weighted by molar-refractivity contribution is 0.0726. The number of esters is 1. The van der Waals surface area contributed by atoms with E-state index in [0.717, 1.165) is 36.2 Å². The molecule has 0 radical (unpaired) electrons. The third-order valence-corrected chi connectivity index (χ3v) is 5.41. The molecule has 5 rings (SSSR count). The minimum absolute atomic E-state index is 0.259. The number of carbonyl (C=O) groups is 2. The molecule has 0 spiro atoms. The molecule has 1 aliphatic carbocycles. The lowest BCUT2D eigenvalue weighted by atomic mass is 10.2. The molecule has 1 aliphatic rings. The Bertz CT molecular complexity index is 1290. The molecule has 1 N–H and O–H groups in total. The summed E-state index contributed by atoms with van der Waals surface area (Å²) in [5.74, 6) is -0.356. The van der Waals surface area contributed by atoms with Crippen LogP contribution in [0.25, 0.3) is 5.69 Å². The SMILES string of the molecule is Cn1cc(C(=O)Nc2ccc(OC(=O)c3nn(-c4ccccc4)c4c3CCC4)cc2)cn1. The summed E-state index contributed by atoms with van der Waals surface area (Å²) in [6.07, 6.45) is 5.82. The topological polar surface area (TPSA) is 91.0 Å². The maximum Gasteiger partial charge on any atom is 0.364 e. The number of aryl methyl sites for hydroxylation is 1. The quantitative estimate of drug-likeness (QED) is 0.388. The highest BCUT2D eigenvalue weighted by molar-refractivity contribution is 6.04. The van der Waals surface area contributed by atoms with Crippen LogP contribution in [0.3, 0.4) is 0 Å². The van der Waals surface area contributed by atoms with E-state index in [2.05, 4.69) is 15.5 Å². The van der Waals surface area contributed by atoms with E-state index in [9.17, 15) is 9.59 Å². The molecule has 1 amide bonds. The monoisotopic (exact) mass is 427 g/mol. The fraction of sp³-hybridized carbons (Fsp3) is 0.167. The summed E-state index contributed by atoms with van der Waals surface area (Å²) in [5, 5.41) is 11.3. The number of anilines is 1. The van der Waals surface area contributed by atoms with Crippen molar-refractivity contribution in [3.8, 4) is 11.4 Å². The Morgan fingerprint density at radius 2 is 1.81 bits per heavy atom. The van der Waals surface area contributed by atoms with Crippen LogP contribution in [0.15, 0.2) is 67.0 Å². The van der Waals surface area contributed by atoms with Gasteiger partial charge in [0, 0.05) is 30.2 Å². The van der Waals surface area contributed by atoms with E-state index in [4.69, 9.17) is 4.74 Å². The van der Waals surface area contributed by atoms with Crippen molar-refractivity contribution in [1.29, 1.82) is 0 Å². The van der Waals surface area contributed by atoms with Crippen LogP contribution in [-0.4, -0.2) is 31.4 Å². The number of hydrogen-bond acceptors (Lipinski definition) is 5. The number of hydrogen-bond donors (Lipinski definition) is 1. The van der Waals surface area contributed by atoms with Gasteiger partial charge in [0.1, 0.15) is 5.75 Å². The number of aromatic nitrogens is 4. The van der Waals surface area contributed by atoms with Crippen LogP contribution in [0.1, 0.15) is 38.5 Å². The molecule has 160 valence electrons. The van der Waals surface area contributed by atoms with Crippen LogP contribution < -0.4 is 10.1 Å². The van der Waals surface area contributed by atoms with Crippen LogP contribution in [0.5, 0.6) is 5.75 Å². The first-order chi connectivity index (χ1) is 15.6. The Morgan fingerprint density at radius 1 is 1.03 bits per heavy atom. The number of fused-ring (bicyclic) bond motifs is 1. The number of rotatable bonds is 5. The van der Waals surface area contributed by atoms with E-state index >= 15 is 0 Å². The summed E-state index contributed by atoms with van der Waals surface area (Å²) in [6.45, 7) is 0. The molecule has 4 aromatic rings. The average molecular weight is 427 g/mol. The lowest BCUT2D eigenvalue weighted by Gasteiger charge is -2.07. The molecule has 0 bridgehead atoms. The van der Waals surface area contributed by atoms with Gasteiger partial charge in [0.05, 0.1) is 17.4 Å². The molecule has 0 atom stereocenters. The van der Waals surface area contributed by atoms with Gasteiger partial charge < -0.3 is 10.1 Å². The van der Waals surface area contributed by atoms with Gasteiger partial charge in [-0.15, -0.1) is 0 Å². The summed E-state index contributed by atoms with van der Waals surface area (Å²) in [5.41, 5.74) is 4.36. The van der Waals surface area contributed by atoms with E-state index in [-0.39, 0.29) is 5.91 Å². The van der Waals surface area contributed by atoms with Crippen LogP contribution >= 0.6 is 0 Å². The Morgan fingerprint density at radius 3 is 2.53 bits per heavy atom. The van der Waals surface area contributed by atoms with E-state index < -0.39 is 5.97 Å². The first kappa shape index (κ1) is 19.7. The first-order valence-corrected chi connectivity index (χ1v) is 10.4. The van der Waals surface area contributed by atoms with Crippen LogP contribution in [0.4, 0.5) is 5.69 Å². The molecule has 0 unspecified atom stereocenters. The molecule has 0 fully saturated rings. The zero-order valence-corrected chi connectivity index (χ0v) is 17.5. The van der Waals surface area contributed by atoms with E-state index in [0.29, 0.717) is 22.7 Å². The van der Waals surface area contributed by atoms with E-state index in [1.54, 1.807) is 42.2 Å². The zero-order chi connectivity index (χ0) is 22.1. The van der Waals surface area contributed by atoms with Crippen molar-refractivity contribution in [3.05, 3.63) is 89.5 Å². The van der Waals surface area contributed by atoms with Crippen molar-refractivity contribution in [2.24, 2.45) is 7.05 Å². The second-order valence-corrected chi connectivity index (χ2v) is 7.65. The van der Waals surface area contributed by atoms with E-state index in [1.165, 1.54) is 6.20 Å². The van der Waals surface area contributed by atoms with Crippen molar-refractivity contribution in [2.45, 2.75) is 19.3 Å². The van der Waals surface area contributed by atoms with Crippen molar-refractivity contribution < 1.29 is 14.3 Å². The third kappa shape index (κ3) is 3.78. The highest BCUT2D eigenvalue weighted by Crippen LogP contribution is 2.28. The number of benzene rings is 2. The van der Waals surface area contributed by atoms with Crippen molar-refractivity contribution in [3.63, 3.8) is 0 Å². The zero-order valence-electron chi connectivity index (χ0n) is 17.5. The molecule has 8 nitrogen and oxygen atoms in total. The van der Waals surface area contributed by atoms with Gasteiger partial charge in [-0.2, -0.15) is 10.2 Å². The molecule has 0 aliphatic heterocycles. The summed E-state index contributed by atoms with van der Waals surface area (Å²) >= 11 is 0. The number of carbonyl (C=O) groups excluding carboxylic acids is 2. The molecule has 0 saturated heterocycles. The first-order valence-electron chi connectivity index (χ1n) is 10.4. The highest BCUT2D eigenvalue weighted by Gasteiger charge is 2.28. The van der Waals surface area contributed by atoms with Gasteiger partial charge in [0.15, 0.2) is 5.69 Å². The number of ether oxygens (including phenoxy) is 1. The molecule has 32 heavy (non-hydrogen) atoms. The maximum atomic E-state index is 12.9. The summed E-state index contributed by atoms with van der Waals surface area (Å²) in [4.78, 5) is 25.1. The van der Waals surface area contributed by atoms with Crippen LogP contribution in [0.2, 0.25) is 0 Å². The molecule has 2 heterocycles. The molecule has 2 aromatic heterocycles. The number of nitrogens with one attached hydrogen (secondary N) is 1. The standard InChI is InChI=1S/C24H21N5O3/c1-28-15-16(14-25-28)23(30)26-17-10-12-19(13-11-17)32-24(31)22-20-8-5-9-21(20)29(27-22)18-6-3-2-4-7-18/h2-4,6-7,10-15H,5,8-9H2,1H3,(H,26,30). The molecule has 2 aromatic carbocycles.